The van der Waals surface area contributed by atoms with Crippen LogP contribution >= 0.6 is 0 Å². The molecule has 0 aliphatic rings. The molecule has 3 rings (SSSR count). The summed E-state index contributed by atoms with van der Waals surface area (Å²) < 4.78 is 39.1. The largest absolute Gasteiger partial charge is 0.425 e. The van der Waals surface area contributed by atoms with Crippen molar-refractivity contribution in [3.63, 3.8) is 0 Å². The van der Waals surface area contributed by atoms with Gasteiger partial charge in [-0.25, -0.2) is 18.0 Å². The van der Waals surface area contributed by atoms with Crippen molar-refractivity contribution in [2.24, 2.45) is 0 Å². The Morgan fingerprint density at radius 3 is 2.41 bits per heavy atom. The Morgan fingerprint density at radius 1 is 1.06 bits per heavy atom. The van der Waals surface area contributed by atoms with Crippen LogP contribution in [0, 0.1) is 20.8 Å². The zero-order chi connectivity index (χ0) is 23.5. The summed E-state index contributed by atoms with van der Waals surface area (Å²) in [5.41, 5.74) is 2.08. The summed E-state index contributed by atoms with van der Waals surface area (Å²) in [6, 6.07) is 10.0. The number of hydrogen-bond donors (Lipinski definition) is 1. The third-order valence-corrected chi connectivity index (χ3v) is 6.61. The highest BCUT2D eigenvalue weighted by molar-refractivity contribution is 7.89. The Morgan fingerprint density at radius 2 is 1.75 bits per heavy atom. The molecular weight excluding hydrogens is 430 g/mol. The first-order chi connectivity index (χ1) is 15.1. The number of ether oxygens (including phenoxy) is 1. The van der Waals surface area contributed by atoms with Gasteiger partial charge in [0.15, 0.2) is 0 Å². The van der Waals surface area contributed by atoms with Crippen molar-refractivity contribution < 1.29 is 22.4 Å². The summed E-state index contributed by atoms with van der Waals surface area (Å²) in [6.07, 6.45) is 1.71. The fraction of sp³-hybridized carbons (Fsp3) is 0.333. The van der Waals surface area contributed by atoms with Crippen molar-refractivity contribution in [3.05, 3.63) is 69.6 Å². The van der Waals surface area contributed by atoms with E-state index in [0.29, 0.717) is 23.0 Å². The normalized spacial score (nSPS) is 12.6. The predicted molar refractivity (Wildman–Crippen MR) is 122 cm³/mol. The molecule has 0 radical (unpaired) electrons. The highest BCUT2D eigenvalue weighted by Gasteiger charge is 2.28. The maximum absolute atomic E-state index is 13.1. The number of hydrogen-bond acceptors (Lipinski definition) is 6. The van der Waals surface area contributed by atoms with Gasteiger partial charge >= 0.3 is 11.6 Å². The third-order valence-electron chi connectivity index (χ3n) is 5.12. The quantitative estimate of drug-likeness (QED) is 0.310. The van der Waals surface area contributed by atoms with Crippen molar-refractivity contribution in [1.82, 2.24) is 4.72 Å². The van der Waals surface area contributed by atoms with E-state index in [4.69, 9.17) is 9.15 Å². The van der Waals surface area contributed by atoms with Crippen molar-refractivity contribution in [1.29, 1.82) is 0 Å². The average molecular weight is 458 g/mol. The molecular formula is C24H27NO6S. The Bertz CT molecular complexity index is 1290. The van der Waals surface area contributed by atoms with Gasteiger partial charge in [0.25, 0.3) is 0 Å². The second-order valence-electron chi connectivity index (χ2n) is 7.93. The molecule has 0 amide bonds. The summed E-state index contributed by atoms with van der Waals surface area (Å²) in [4.78, 5) is 24.9. The van der Waals surface area contributed by atoms with Gasteiger partial charge in [-0.15, -0.1) is 0 Å². The molecule has 170 valence electrons. The lowest BCUT2D eigenvalue weighted by Crippen LogP contribution is -2.43. The second-order valence-corrected chi connectivity index (χ2v) is 9.65. The van der Waals surface area contributed by atoms with Crippen molar-refractivity contribution in [2.45, 2.75) is 57.9 Å². The molecule has 0 unspecified atom stereocenters. The van der Waals surface area contributed by atoms with Gasteiger partial charge in [0.2, 0.25) is 10.0 Å². The summed E-state index contributed by atoms with van der Waals surface area (Å²) in [7, 11) is -3.92. The second kappa shape index (κ2) is 9.67. The zero-order valence-corrected chi connectivity index (χ0v) is 19.4. The fourth-order valence-corrected chi connectivity index (χ4v) is 4.66. The lowest BCUT2D eigenvalue weighted by Gasteiger charge is -2.18. The molecule has 1 aromatic heterocycles. The maximum Gasteiger partial charge on any atom is 0.336 e. The van der Waals surface area contributed by atoms with Crippen LogP contribution < -0.4 is 15.1 Å². The van der Waals surface area contributed by atoms with Gasteiger partial charge in [-0.05, 0) is 62.6 Å². The number of esters is 1. The summed E-state index contributed by atoms with van der Waals surface area (Å²) in [5, 5.41) is 0.499. The standard InChI is InChI=1S/C24H27NO6S/c1-5-6-7-19(25-32(28,29)18-10-8-15(2)9-11-18)24(27)31-21-13-16(3)12-20-23(21)17(4)14-22(26)30-20/h8-14,19,25H,5-7H2,1-4H3/t19-/m0/s1. The molecule has 7 nitrogen and oxygen atoms in total. The number of carbonyl (C=O) groups is 1. The average Bonchev–Trinajstić information content (AvgIpc) is 2.70. The van der Waals surface area contributed by atoms with Crippen LogP contribution in [-0.2, 0) is 14.8 Å². The van der Waals surface area contributed by atoms with E-state index in [-0.39, 0.29) is 17.1 Å². The van der Waals surface area contributed by atoms with Crippen LogP contribution in [0.15, 0.2) is 56.6 Å². The van der Waals surface area contributed by atoms with Crippen LogP contribution in [0.1, 0.15) is 42.9 Å². The molecule has 0 bridgehead atoms. The van der Waals surface area contributed by atoms with E-state index < -0.39 is 27.7 Å². The summed E-state index contributed by atoms with van der Waals surface area (Å²) in [5.74, 6) is -0.492. The molecule has 0 aliphatic carbocycles. The molecule has 0 saturated carbocycles. The molecule has 1 heterocycles. The van der Waals surface area contributed by atoms with Crippen LogP contribution in [0.2, 0.25) is 0 Å². The molecule has 0 spiro atoms. The number of sulfonamides is 1. The maximum atomic E-state index is 13.1. The number of benzene rings is 2. The first-order valence-corrected chi connectivity index (χ1v) is 11.9. The predicted octanol–water partition coefficient (Wildman–Crippen LogP) is 4.16. The lowest BCUT2D eigenvalue weighted by atomic mass is 10.1. The van der Waals surface area contributed by atoms with Crippen molar-refractivity contribution in [3.8, 4) is 5.75 Å². The SMILES string of the molecule is CCCC[C@H](NS(=O)(=O)c1ccc(C)cc1)C(=O)Oc1cc(C)cc2oc(=O)cc(C)c12. The minimum atomic E-state index is -3.92. The number of nitrogens with one attached hydrogen (secondary N) is 1. The molecule has 32 heavy (non-hydrogen) atoms. The highest BCUT2D eigenvalue weighted by atomic mass is 32.2. The van der Waals surface area contributed by atoms with Gasteiger partial charge < -0.3 is 9.15 Å². The van der Waals surface area contributed by atoms with E-state index in [1.807, 2.05) is 13.8 Å². The Balaban J connectivity index is 1.93. The first-order valence-electron chi connectivity index (χ1n) is 10.5. The Labute approximate surface area is 187 Å². The highest BCUT2D eigenvalue weighted by Crippen LogP contribution is 2.30. The molecule has 0 fully saturated rings. The van der Waals surface area contributed by atoms with Gasteiger partial charge in [-0.2, -0.15) is 4.72 Å². The van der Waals surface area contributed by atoms with Crippen LogP contribution in [-0.4, -0.2) is 20.4 Å². The van der Waals surface area contributed by atoms with E-state index >= 15 is 0 Å². The Kier molecular flexibility index (Phi) is 7.16. The molecule has 2 aromatic carbocycles. The molecule has 1 atom stereocenters. The van der Waals surface area contributed by atoms with Crippen LogP contribution in [0.25, 0.3) is 11.0 Å². The molecule has 0 saturated heterocycles. The number of carbonyl (C=O) groups excluding carboxylic acids is 1. The molecule has 3 aromatic rings. The van der Waals surface area contributed by atoms with Crippen LogP contribution in [0.5, 0.6) is 5.75 Å². The van der Waals surface area contributed by atoms with E-state index in [2.05, 4.69) is 4.72 Å². The minimum Gasteiger partial charge on any atom is -0.425 e. The smallest absolute Gasteiger partial charge is 0.336 e. The van der Waals surface area contributed by atoms with Gasteiger partial charge in [0.05, 0.1) is 10.3 Å². The third kappa shape index (κ3) is 5.44. The Hall–Kier alpha value is -2.97. The molecule has 0 aliphatic heterocycles. The van der Waals surface area contributed by atoms with E-state index in [0.717, 1.165) is 17.5 Å². The van der Waals surface area contributed by atoms with Crippen LogP contribution in [0.3, 0.4) is 0 Å². The van der Waals surface area contributed by atoms with Gasteiger partial charge in [0.1, 0.15) is 17.4 Å². The number of unbranched alkanes of at least 4 members (excludes halogenated alkanes) is 1. The number of aryl methyl sites for hydroxylation is 3. The number of fused-ring (bicyclic) bond motifs is 1. The van der Waals surface area contributed by atoms with E-state index in [1.165, 1.54) is 18.2 Å². The fourth-order valence-electron chi connectivity index (χ4n) is 3.44. The first kappa shape index (κ1) is 23.7. The van der Waals surface area contributed by atoms with Crippen molar-refractivity contribution in [2.75, 3.05) is 0 Å². The van der Waals surface area contributed by atoms with Gasteiger partial charge in [-0.1, -0.05) is 37.5 Å². The summed E-state index contributed by atoms with van der Waals surface area (Å²) >= 11 is 0. The van der Waals surface area contributed by atoms with Gasteiger partial charge in [-0.3, -0.25) is 0 Å². The lowest BCUT2D eigenvalue weighted by molar-refractivity contribution is -0.136. The molecule has 1 N–H and O–H groups in total. The molecule has 8 heteroatoms. The van der Waals surface area contributed by atoms with Crippen LogP contribution in [0.4, 0.5) is 0 Å². The van der Waals surface area contributed by atoms with Gasteiger partial charge in [0, 0.05) is 6.07 Å². The topological polar surface area (TPSA) is 103 Å². The minimum absolute atomic E-state index is 0.0797. The van der Waals surface area contributed by atoms with E-state index in [9.17, 15) is 18.0 Å². The van der Waals surface area contributed by atoms with E-state index in [1.54, 1.807) is 38.1 Å². The zero-order valence-electron chi connectivity index (χ0n) is 18.6. The summed E-state index contributed by atoms with van der Waals surface area (Å²) in [6.45, 7) is 7.33. The van der Waals surface area contributed by atoms with Crippen molar-refractivity contribution >= 4 is 27.0 Å². The monoisotopic (exact) mass is 457 g/mol. The number of rotatable bonds is 8.